The lowest BCUT2D eigenvalue weighted by atomic mass is 9.74. The van der Waals surface area contributed by atoms with E-state index in [0.717, 1.165) is 6.42 Å². The van der Waals surface area contributed by atoms with Crippen LogP contribution in [-0.4, -0.2) is 58.6 Å². The largest absolute Gasteiger partial charge is 0.501 e. The molecule has 25 heavy (non-hydrogen) atoms. The molecule has 0 aliphatic heterocycles. The molecular weight excluding hydrogens is 338 g/mol. The number of ether oxygens (including phenoxy) is 1. The number of aliphatic hydroxyl groups is 1. The molecule has 3 N–H and O–H groups in total. The standard InChI is InChI=1S/C18H41NO5Si/c1-8-22-25(23-9-2,24-10-3)13-11-12-21-14-17(20)18(19,15(4)5)16(6)7/h15-17,20H,8-14,19H2,1-7H3. The Hall–Kier alpha value is -0.0231. The van der Waals surface area contributed by atoms with Crippen molar-refractivity contribution in [2.24, 2.45) is 17.6 Å². The normalized spacial score (nSPS) is 14.5. The quantitative estimate of drug-likeness (QED) is 0.336. The third kappa shape index (κ3) is 7.62. The van der Waals surface area contributed by atoms with Crippen molar-refractivity contribution in [2.75, 3.05) is 33.0 Å². The summed E-state index contributed by atoms with van der Waals surface area (Å²) in [6.07, 6.45) is 0.0695. The number of hydrogen-bond acceptors (Lipinski definition) is 6. The predicted octanol–water partition coefficient (Wildman–Crippen LogP) is 2.81. The molecule has 0 aliphatic rings. The van der Waals surface area contributed by atoms with Crippen molar-refractivity contribution in [3.05, 3.63) is 0 Å². The average molecular weight is 380 g/mol. The zero-order chi connectivity index (χ0) is 19.5. The third-order valence-corrected chi connectivity index (χ3v) is 7.87. The van der Waals surface area contributed by atoms with E-state index in [2.05, 4.69) is 0 Å². The fourth-order valence-electron chi connectivity index (χ4n) is 3.17. The second-order valence-corrected chi connectivity index (χ2v) is 9.72. The molecule has 0 aromatic heterocycles. The average Bonchev–Trinajstić information content (AvgIpc) is 2.53. The molecule has 0 amide bonds. The molecule has 0 aromatic carbocycles. The van der Waals surface area contributed by atoms with Crippen LogP contribution >= 0.6 is 0 Å². The summed E-state index contributed by atoms with van der Waals surface area (Å²) < 4.78 is 23.2. The number of rotatable bonds is 15. The topological polar surface area (TPSA) is 83.2 Å². The highest BCUT2D eigenvalue weighted by Crippen LogP contribution is 2.27. The summed E-state index contributed by atoms with van der Waals surface area (Å²) in [5, 5.41) is 10.5. The van der Waals surface area contributed by atoms with Gasteiger partial charge in [0, 0.05) is 38.0 Å². The van der Waals surface area contributed by atoms with Gasteiger partial charge in [-0.1, -0.05) is 27.7 Å². The molecule has 1 unspecified atom stereocenters. The molecule has 0 heterocycles. The fourth-order valence-corrected chi connectivity index (χ4v) is 5.75. The Morgan fingerprint density at radius 1 is 0.920 bits per heavy atom. The first kappa shape index (κ1) is 25.0. The first-order chi connectivity index (χ1) is 11.7. The zero-order valence-corrected chi connectivity index (χ0v) is 18.3. The highest BCUT2D eigenvalue weighted by molar-refractivity contribution is 6.60. The van der Waals surface area contributed by atoms with Crippen LogP contribution in [0.25, 0.3) is 0 Å². The van der Waals surface area contributed by atoms with Gasteiger partial charge in [0.25, 0.3) is 0 Å². The molecule has 6 nitrogen and oxygen atoms in total. The molecule has 0 saturated heterocycles. The smallest absolute Gasteiger partial charge is 0.389 e. The van der Waals surface area contributed by atoms with Gasteiger partial charge in [-0.2, -0.15) is 0 Å². The predicted molar refractivity (Wildman–Crippen MR) is 103 cm³/mol. The Bertz CT molecular complexity index is 316. The summed E-state index contributed by atoms with van der Waals surface area (Å²) in [6, 6.07) is 0.709. The van der Waals surface area contributed by atoms with E-state index in [4.69, 9.17) is 23.7 Å². The highest BCUT2D eigenvalue weighted by atomic mass is 28.4. The summed E-state index contributed by atoms with van der Waals surface area (Å²) in [6.45, 7) is 16.5. The van der Waals surface area contributed by atoms with E-state index in [1.54, 1.807) is 0 Å². The maximum Gasteiger partial charge on any atom is 0.501 e. The van der Waals surface area contributed by atoms with Crippen molar-refractivity contribution in [1.82, 2.24) is 0 Å². The molecule has 0 aliphatic carbocycles. The van der Waals surface area contributed by atoms with E-state index in [0.29, 0.717) is 32.5 Å². The van der Waals surface area contributed by atoms with Crippen molar-refractivity contribution < 1.29 is 23.1 Å². The van der Waals surface area contributed by atoms with Gasteiger partial charge in [0.1, 0.15) is 0 Å². The first-order valence-electron chi connectivity index (χ1n) is 9.66. The summed E-state index contributed by atoms with van der Waals surface area (Å²) in [5.74, 6) is 0.333. The Labute approximate surface area is 155 Å². The van der Waals surface area contributed by atoms with Crippen molar-refractivity contribution in [3.8, 4) is 0 Å². The van der Waals surface area contributed by atoms with Gasteiger partial charge < -0.3 is 28.9 Å². The van der Waals surface area contributed by atoms with Crippen molar-refractivity contribution in [2.45, 2.75) is 72.6 Å². The van der Waals surface area contributed by atoms with Gasteiger partial charge in [-0.25, -0.2) is 0 Å². The van der Waals surface area contributed by atoms with Gasteiger partial charge in [0.15, 0.2) is 0 Å². The summed E-state index contributed by atoms with van der Waals surface area (Å²) in [7, 11) is -2.61. The van der Waals surface area contributed by atoms with E-state index in [1.807, 2.05) is 48.5 Å². The molecule has 0 aromatic rings. The fraction of sp³-hybridized carbons (Fsp3) is 1.00. The van der Waals surface area contributed by atoms with Crippen LogP contribution in [0, 0.1) is 11.8 Å². The molecule has 0 rings (SSSR count). The molecule has 7 heteroatoms. The van der Waals surface area contributed by atoms with Gasteiger partial charge in [0.2, 0.25) is 0 Å². The van der Waals surface area contributed by atoms with E-state index >= 15 is 0 Å². The second-order valence-electron chi connectivity index (χ2n) is 6.99. The lowest BCUT2D eigenvalue weighted by molar-refractivity contribution is -0.0386. The minimum Gasteiger partial charge on any atom is -0.389 e. The summed E-state index contributed by atoms with van der Waals surface area (Å²) in [4.78, 5) is 0. The SMILES string of the molecule is CCO[Si](CCCOCC(O)C(N)(C(C)C)C(C)C)(OCC)OCC. The molecule has 1 atom stereocenters. The zero-order valence-electron chi connectivity index (χ0n) is 17.3. The van der Waals surface area contributed by atoms with Gasteiger partial charge in [0.05, 0.1) is 12.7 Å². The van der Waals surface area contributed by atoms with Crippen LogP contribution < -0.4 is 5.73 Å². The van der Waals surface area contributed by atoms with Crippen LogP contribution in [0.3, 0.4) is 0 Å². The maximum atomic E-state index is 10.5. The Morgan fingerprint density at radius 2 is 1.36 bits per heavy atom. The summed E-state index contributed by atoms with van der Waals surface area (Å²) >= 11 is 0. The number of nitrogens with two attached hydrogens (primary N) is 1. The number of hydrogen-bond donors (Lipinski definition) is 2. The Morgan fingerprint density at radius 3 is 1.72 bits per heavy atom. The van der Waals surface area contributed by atoms with Crippen LogP contribution in [0.4, 0.5) is 0 Å². The molecule has 0 spiro atoms. The summed E-state index contributed by atoms with van der Waals surface area (Å²) in [5.41, 5.74) is 5.79. The van der Waals surface area contributed by atoms with E-state index in [9.17, 15) is 5.11 Å². The van der Waals surface area contributed by atoms with Crippen LogP contribution in [-0.2, 0) is 18.0 Å². The van der Waals surface area contributed by atoms with Gasteiger partial charge in [-0.3, -0.25) is 0 Å². The second kappa shape index (κ2) is 12.4. The minimum absolute atomic E-state index is 0.167. The lowest BCUT2D eigenvalue weighted by Crippen LogP contribution is -2.60. The van der Waals surface area contributed by atoms with Crippen LogP contribution in [0.5, 0.6) is 0 Å². The monoisotopic (exact) mass is 379 g/mol. The third-order valence-electron chi connectivity index (χ3n) is 4.72. The van der Waals surface area contributed by atoms with Crippen molar-refractivity contribution in [3.63, 3.8) is 0 Å². The lowest BCUT2D eigenvalue weighted by Gasteiger charge is -2.41. The molecule has 0 saturated carbocycles. The van der Waals surface area contributed by atoms with Gasteiger partial charge in [-0.15, -0.1) is 0 Å². The molecular formula is C18H41NO5Si. The number of aliphatic hydroxyl groups excluding tert-OH is 1. The molecule has 0 fully saturated rings. The van der Waals surface area contributed by atoms with Crippen LogP contribution in [0.1, 0.15) is 54.9 Å². The van der Waals surface area contributed by atoms with E-state index in [-0.39, 0.29) is 18.4 Å². The Balaban J connectivity index is 4.46. The van der Waals surface area contributed by atoms with E-state index in [1.165, 1.54) is 0 Å². The van der Waals surface area contributed by atoms with Gasteiger partial charge in [-0.05, 0) is 39.0 Å². The molecule has 0 radical (unpaired) electrons. The van der Waals surface area contributed by atoms with Gasteiger partial charge >= 0.3 is 8.80 Å². The van der Waals surface area contributed by atoms with Crippen LogP contribution in [0.2, 0.25) is 6.04 Å². The minimum atomic E-state index is -2.61. The van der Waals surface area contributed by atoms with Crippen molar-refractivity contribution >= 4 is 8.80 Å². The van der Waals surface area contributed by atoms with Crippen LogP contribution in [0.15, 0.2) is 0 Å². The molecule has 0 bridgehead atoms. The van der Waals surface area contributed by atoms with Crippen molar-refractivity contribution in [1.29, 1.82) is 0 Å². The molecule has 152 valence electrons. The maximum absolute atomic E-state index is 10.5. The first-order valence-corrected chi connectivity index (χ1v) is 11.6. The van der Waals surface area contributed by atoms with E-state index < -0.39 is 20.4 Å². The highest BCUT2D eigenvalue weighted by Gasteiger charge is 2.41. The Kier molecular flexibility index (Phi) is 12.4.